The summed E-state index contributed by atoms with van der Waals surface area (Å²) in [6.45, 7) is 3.43. The summed E-state index contributed by atoms with van der Waals surface area (Å²) < 4.78 is 2.11. The van der Waals surface area contributed by atoms with Gasteiger partial charge in [-0.25, -0.2) is 4.98 Å². The zero-order valence-corrected chi connectivity index (χ0v) is 14.9. The number of rotatable bonds is 3. The van der Waals surface area contributed by atoms with Crippen molar-refractivity contribution < 1.29 is 4.79 Å². The highest BCUT2D eigenvalue weighted by Crippen LogP contribution is 2.29. The van der Waals surface area contributed by atoms with Crippen molar-refractivity contribution in [1.82, 2.24) is 19.4 Å². The molecular weight excluding hydrogens is 312 g/mol. The third-order valence-electron chi connectivity index (χ3n) is 5.52. The number of hydrogen-bond donors (Lipinski definition) is 0. The molecule has 0 saturated carbocycles. The molecular formula is C20H26N4O. The Morgan fingerprint density at radius 3 is 2.60 bits per heavy atom. The second kappa shape index (κ2) is 7.00. The number of likely N-dealkylation sites (tertiary alicyclic amines) is 1. The van der Waals surface area contributed by atoms with Crippen LogP contribution >= 0.6 is 0 Å². The lowest BCUT2D eigenvalue weighted by molar-refractivity contribution is -0.138. The van der Waals surface area contributed by atoms with Gasteiger partial charge in [0, 0.05) is 45.3 Å². The Balaban J connectivity index is 1.63. The number of imidazole rings is 1. The number of piperidine rings is 1. The molecule has 0 spiro atoms. The van der Waals surface area contributed by atoms with Crippen LogP contribution in [0, 0.1) is 0 Å². The molecule has 0 radical (unpaired) electrons. The fraction of sp³-hybridized carbons (Fsp3) is 0.500. The Bertz CT molecular complexity index is 733. The van der Waals surface area contributed by atoms with Crippen LogP contribution in [-0.4, -0.2) is 44.9 Å². The molecule has 0 aliphatic carbocycles. The SMILES string of the molecule is Cn1cnc2c1CCN([C@@H](C(=O)N1CCCCC1)c1ccccc1)C2. The highest BCUT2D eigenvalue weighted by molar-refractivity contribution is 5.83. The molecule has 0 bridgehead atoms. The molecule has 0 N–H and O–H groups in total. The summed E-state index contributed by atoms with van der Waals surface area (Å²) in [4.78, 5) is 22.3. The summed E-state index contributed by atoms with van der Waals surface area (Å²) in [5, 5.41) is 0. The molecule has 1 amide bonds. The van der Waals surface area contributed by atoms with Gasteiger partial charge in [-0.3, -0.25) is 9.69 Å². The number of carbonyl (C=O) groups excluding carboxylic acids is 1. The Morgan fingerprint density at radius 2 is 1.84 bits per heavy atom. The van der Waals surface area contributed by atoms with Crippen LogP contribution in [0.5, 0.6) is 0 Å². The summed E-state index contributed by atoms with van der Waals surface area (Å²) in [6, 6.07) is 10.0. The Morgan fingerprint density at radius 1 is 1.08 bits per heavy atom. The fourth-order valence-electron chi connectivity index (χ4n) is 4.13. The van der Waals surface area contributed by atoms with Gasteiger partial charge in [-0.15, -0.1) is 0 Å². The van der Waals surface area contributed by atoms with E-state index in [4.69, 9.17) is 0 Å². The third-order valence-corrected chi connectivity index (χ3v) is 5.52. The van der Waals surface area contributed by atoms with E-state index in [2.05, 4.69) is 38.5 Å². The number of aromatic nitrogens is 2. The zero-order valence-electron chi connectivity index (χ0n) is 14.9. The van der Waals surface area contributed by atoms with Crippen LogP contribution < -0.4 is 0 Å². The molecule has 3 heterocycles. The van der Waals surface area contributed by atoms with E-state index in [1.54, 1.807) is 0 Å². The van der Waals surface area contributed by atoms with Crippen molar-refractivity contribution in [2.75, 3.05) is 19.6 Å². The van der Waals surface area contributed by atoms with Gasteiger partial charge in [-0.05, 0) is 24.8 Å². The lowest BCUT2D eigenvalue weighted by Gasteiger charge is -2.38. The van der Waals surface area contributed by atoms with Crippen molar-refractivity contribution in [2.45, 2.75) is 38.3 Å². The van der Waals surface area contributed by atoms with Crippen LogP contribution in [0.2, 0.25) is 0 Å². The van der Waals surface area contributed by atoms with Crippen LogP contribution in [0.25, 0.3) is 0 Å². The van der Waals surface area contributed by atoms with Gasteiger partial charge in [-0.1, -0.05) is 30.3 Å². The van der Waals surface area contributed by atoms with Crippen molar-refractivity contribution in [1.29, 1.82) is 0 Å². The van der Waals surface area contributed by atoms with E-state index in [1.165, 1.54) is 12.1 Å². The Kier molecular flexibility index (Phi) is 4.57. The summed E-state index contributed by atoms with van der Waals surface area (Å²) in [5.41, 5.74) is 3.51. The zero-order chi connectivity index (χ0) is 17.2. The molecule has 132 valence electrons. The quantitative estimate of drug-likeness (QED) is 0.864. The fourth-order valence-corrected chi connectivity index (χ4v) is 4.13. The second-order valence-electron chi connectivity index (χ2n) is 7.17. The van der Waals surface area contributed by atoms with Gasteiger partial charge < -0.3 is 9.47 Å². The number of benzene rings is 1. The minimum atomic E-state index is -0.200. The second-order valence-corrected chi connectivity index (χ2v) is 7.17. The molecule has 1 saturated heterocycles. The lowest BCUT2D eigenvalue weighted by Crippen LogP contribution is -2.46. The number of nitrogens with zero attached hydrogens (tertiary/aromatic N) is 4. The topological polar surface area (TPSA) is 41.4 Å². The largest absolute Gasteiger partial charge is 0.341 e. The van der Waals surface area contributed by atoms with Crippen molar-refractivity contribution in [3.8, 4) is 0 Å². The normalized spacial score (nSPS) is 19.5. The highest BCUT2D eigenvalue weighted by atomic mass is 16.2. The molecule has 2 aliphatic heterocycles. The van der Waals surface area contributed by atoms with Crippen LogP contribution in [0.15, 0.2) is 36.7 Å². The van der Waals surface area contributed by atoms with Gasteiger partial charge in [0.25, 0.3) is 0 Å². The van der Waals surface area contributed by atoms with Gasteiger partial charge in [0.05, 0.1) is 12.0 Å². The van der Waals surface area contributed by atoms with Crippen molar-refractivity contribution in [3.05, 3.63) is 53.6 Å². The minimum Gasteiger partial charge on any atom is -0.341 e. The molecule has 5 heteroatoms. The summed E-state index contributed by atoms with van der Waals surface area (Å²) in [5.74, 6) is 0.255. The molecule has 1 atom stereocenters. The van der Waals surface area contributed by atoms with E-state index in [1.807, 2.05) is 24.5 Å². The Hall–Kier alpha value is -2.14. The van der Waals surface area contributed by atoms with Crippen molar-refractivity contribution >= 4 is 5.91 Å². The number of carbonyl (C=O) groups is 1. The molecule has 1 aromatic heterocycles. The van der Waals surface area contributed by atoms with Gasteiger partial charge in [0.2, 0.25) is 5.91 Å². The first-order valence-corrected chi connectivity index (χ1v) is 9.31. The van der Waals surface area contributed by atoms with E-state index < -0.39 is 0 Å². The minimum absolute atomic E-state index is 0.200. The first-order valence-electron chi connectivity index (χ1n) is 9.31. The molecule has 1 aromatic carbocycles. The molecule has 4 rings (SSSR count). The van der Waals surface area contributed by atoms with E-state index in [9.17, 15) is 4.79 Å². The Labute approximate surface area is 149 Å². The van der Waals surface area contributed by atoms with Gasteiger partial charge >= 0.3 is 0 Å². The molecule has 2 aliphatic rings. The number of aryl methyl sites for hydroxylation is 1. The van der Waals surface area contributed by atoms with Gasteiger partial charge in [-0.2, -0.15) is 0 Å². The average molecular weight is 338 g/mol. The first kappa shape index (κ1) is 16.3. The highest BCUT2D eigenvalue weighted by Gasteiger charge is 2.34. The summed E-state index contributed by atoms with van der Waals surface area (Å²) in [7, 11) is 2.05. The maximum Gasteiger partial charge on any atom is 0.244 e. The van der Waals surface area contributed by atoms with Crippen molar-refractivity contribution in [3.63, 3.8) is 0 Å². The van der Waals surface area contributed by atoms with E-state index in [-0.39, 0.29) is 11.9 Å². The van der Waals surface area contributed by atoms with Gasteiger partial charge in [0.1, 0.15) is 6.04 Å². The van der Waals surface area contributed by atoms with Crippen LogP contribution in [0.3, 0.4) is 0 Å². The number of fused-ring (bicyclic) bond motifs is 1. The molecule has 25 heavy (non-hydrogen) atoms. The number of amides is 1. The van der Waals surface area contributed by atoms with E-state index in [0.29, 0.717) is 0 Å². The molecule has 2 aromatic rings. The van der Waals surface area contributed by atoms with E-state index in [0.717, 1.165) is 56.7 Å². The predicted molar refractivity (Wildman–Crippen MR) is 96.9 cm³/mol. The number of hydrogen-bond acceptors (Lipinski definition) is 3. The van der Waals surface area contributed by atoms with Crippen LogP contribution in [-0.2, 0) is 24.8 Å². The predicted octanol–water partition coefficient (Wildman–Crippen LogP) is 2.53. The maximum atomic E-state index is 13.4. The molecule has 1 fully saturated rings. The van der Waals surface area contributed by atoms with E-state index >= 15 is 0 Å². The smallest absolute Gasteiger partial charge is 0.244 e. The standard InChI is InChI=1S/C20H26N4O/c1-22-15-21-17-14-24(13-10-18(17)22)19(16-8-4-2-5-9-16)20(25)23-11-6-3-7-12-23/h2,4-5,8-9,15,19H,3,6-7,10-14H2,1H3/t19-/m1/s1. The summed E-state index contributed by atoms with van der Waals surface area (Å²) in [6.07, 6.45) is 6.32. The monoisotopic (exact) mass is 338 g/mol. The molecule has 0 unspecified atom stereocenters. The van der Waals surface area contributed by atoms with Crippen molar-refractivity contribution in [2.24, 2.45) is 7.05 Å². The average Bonchev–Trinajstić information content (AvgIpc) is 3.04. The summed E-state index contributed by atoms with van der Waals surface area (Å²) >= 11 is 0. The lowest BCUT2D eigenvalue weighted by atomic mass is 9.99. The van der Waals surface area contributed by atoms with Crippen LogP contribution in [0.4, 0.5) is 0 Å². The molecule has 5 nitrogen and oxygen atoms in total. The maximum absolute atomic E-state index is 13.4. The third kappa shape index (κ3) is 3.21. The van der Waals surface area contributed by atoms with Crippen LogP contribution in [0.1, 0.15) is 42.3 Å². The van der Waals surface area contributed by atoms with Gasteiger partial charge in [0.15, 0.2) is 0 Å². The first-order chi connectivity index (χ1) is 12.2.